The summed E-state index contributed by atoms with van der Waals surface area (Å²) in [6.45, 7) is 2.67. The lowest BCUT2D eigenvalue weighted by atomic mass is 10.2. The summed E-state index contributed by atoms with van der Waals surface area (Å²) in [5.41, 5.74) is 3.02. The van der Waals surface area contributed by atoms with E-state index >= 15 is 0 Å². The van der Waals surface area contributed by atoms with Crippen molar-refractivity contribution in [2.24, 2.45) is 0 Å². The van der Waals surface area contributed by atoms with E-state index in [1.807, 2.05) is 41.0 Å². The number of carbonyl (C=O) groups excluding carboxylic acids is 1. The monoisotopic (exact) mass is 491 g/mol. The average Bonchev–Trinajstić information content (AvgIpc) is 3.31. The second kappa shape index (κ2) is 11.7. The predicted octanol–water partition coefficient (Wildman–Crippen LogP) is 4.65. The summed E-state index contributed by atoms with van der Waals surface area (Å²) in [5, 5.41) is 12.4. The van der Waals surface area contributed by atoms with Gasteiger partial charge in [-0.3, -0.25) is 14.3 Å². The molecule has 9 heteroatoms. The molecule has 0 saturated carbocycles. The van der Waals surface area contributed by atoms with E-state index in [1.165, 1.54) is 22.2 Å². The van der Waals surface area contributed by atoms with Gasteiger partial charge in [0.2, 0.25) is 5.91 Å². The first-order valence-electron chi connectivity index (χ1n) is 10.7. The molecule has 1 amide bonds. The maximum absolute atomic E-state index is 12.5. The summed E-state index contributed by atoms with van der Waals surface area (Å²) >= 11 is 3.08. The molecule has 2 heterocycles. The minimum Gasteiger partial charge on any atom is -0.497 e. The van der Waals surface area contributed by atoms with Crippen molar-refractivity contribution < 1.29 is 9.53 Å². The minimum absolute atomic E-state index is 0.0377. The van der Waals surface area contributed by atoms with Crippen LogP contribution in [-0.4, -0.2) is 50.8 Å². The van der Waals surface area contributed by atoms with Crippen molar-refractivity contribution in [3.63, 3.8) is 0 Å². The van der Waals surface area contributed by atoms with E-state index in [0.29, 0.717) is 17.5 Å². The summed E-state index contributed by atoms with van der Waals surface area (Å²) in [6.07, 6.45) is 3.44. The van der Waals surface area contributed by atoms with E-state index in [9.17, 15) is 4.79 Å². The zero-order valence-electron chi connectivity index (χ0n) is 19.0. The molecule has 0 radical (unpaired) electrons. The van der Waals surface area contributed by atoms with Gasteiger partial charge in [-0.1, -0.05) is 29.5 Å². The molecule has 7 nitrogen and oxygen atoms in total. The van der Waals surface area contributed by atoms with Crippen LogP contribution in [0.15, 0.2) is 83.1 Å². The van der Waals surface area contributed by atoms with Crippen LogP contribution < -0.4 is 10.1 Å². The second-order valence-electron chi connectivity index (χ2n) is 7.38. The number of aryl methyl sites for hydroxylation is 1. The lowest BCUT2D eigenvalue weighted by molar-refractivity contribution is -0.118. The molecule has 0 spiro atoms. The van der Waals surface area contributed by atoms with Crippen LogP contribution in [0.4, 0.5) is 0 Å². The number of hydrogen-bond donors (Lipinski definition) is 1. The molecule has 0 atom stereocenters. The zero-order chi connectivity index (χ0) is 23.8. The first-order chi connectivity index (χ1) is 16.6. The van der Waals surface area contributed by atoms with Crippen LogP contribution in [0.3, 0.4) is 0 Å². The van der Waals surface area contributed by atoms with Crippen molar-refractivity contribution in [3.8, 4) is 22.8 Å². The third-order valence-electron chi connectivity index (χ3n) is 4.95. The highest BCUT2D eigenvalue weighted by molar-refractivity contribution is 7.99. The lowest BCUT2D eigenvalue weighted by Crippen LogP contribution is -2.27. The van der Waals surface area contributed by atoms with E-state index in [4.69, 9.17) is 4.74 Å². The number of pyridine rings is 1. The first-order valence-corrected chi connectivity index (χ1v) is 12.7. The smallest absolute Gasteiger partial charge is 0.230 e. The lowest BCUT2D eigenvalue weighted by Gasteiger charge is -2.11. The first kappa shape index (κ1) is 23.8. The van der Waals surface area contributed by atoms with Crippen LogP contribution in [-0.2, 0) is 4.79 Å². The molecule has 34 heavy (non-hydrogen) atoms. The number of carbonyl (C=O) groups is 1. The number of benzene rings is 2. The Hall–Kier alpha value is -3.30. The van der Waals surface area contributed by atoms with Crippen molar-refractivity contribution in [2.75, 3.05) is 25.2 Å². The third kappa shape index (κ3) is 6.18. The van der Waals surface area contributed by atoms with Crippen molar-refractivity contribution in [3.05, 3.63) is 78.6 Å². The Morgan fingerprint density at radius 1 is 0.971 bits per heavy atom. The molecule has 0 unspecified atom stereocenters. The van der Waals surface area contributed by atoms with Gasteiger partial charge in [-0.25, -0.2) is 0 Å². The molecule has 0 bridgehead atoms. The van der Waals surface area contributed by atoms with Gasteiger partial charge in [0.15, 0.2) is 11.0 Å². The van der Waals surface area contributed by atoms with E-state index < -0.39 is 0 Å². The van der Waals surface area contributed by atoms with E-state index in [2.05, 4.69) is 51.7 Å². The van der Waals surface area contributed by atoms with Crippen molar-refractivity contribution >= 4 is 29.4 Å². The minimum atomic E-state index is -0.0377. The quantitative estimate of drug-likeness (QED) is 0.255. The van der Waals surface area contributed by atoms with Gasteiger partial charge >= 0.3 is 0 Å². The van der Waals surface area contributed by atoms with Crippen LogP contribution in [0.2, 0.25) is 0 Å². The molecule has 2 aromatic carbocycles. The molecule has 4 rings (SSSR count). The fraction of sp³-hybridized carbons (Fsp3) is 0.200. The third-order valence-corrected chi connectivity index (χ3v) is 6.89. The molecule has 174 valence electrons. The van der Waals surface area contributed by atoms with Crippen LogP contribution >= 0.6 is 23.5 Å². The number of nitrogens with one attached hydrogen (secondary N) is 1. The maximum Gasteiger partial charge on any atom is 0.230 e. The Morgan fingerprint density at radius 2 is 1.71 bits per heavy atom. The summed E-state index contributed by atoms with van der Waals surface area (Å²) in [6, 6.07) is 19.8. The van der Waals surface area contributed by atoms with Crippen molar-refractivity contribution in [1.29, 1.82) is 0 Å². The molecule has 0 aliphatic carbocycles. The molecular weight excluding hydrogens is 466 g/mol. The van der Waals surface area contributed by atoms with Crippen LogP contribution in [0, 0.1) is 6.92 Å². The highest BCUT2D eigenvalue weighted by atomic mass is 32.2. The van der Waals surface area contributed by atoms with Gasteiger partial charge in [-0.05, 0) is 55.5 Å². The summed E-state index contributed by atoms with van der Waals surface area (Å²) < 4.78 is 7.23. The number of nitrogens with zero attached hydrogens (tertiary/aromatic N) is 4. The van der Waals surface area contributed by atoms with Gasteiger partial charge in [0.25, 0.3) is 0 Å². The van der Waals surface area contributed by atoms with Crippen molar-refractivity contribution in [1.82, 2.24) is 25.1 Å². The molecule has 0 aliphatic heterocycles. The number of aromatic nitrogens is 4. The van der Waals surface area contributed by atoms with Crippen molar-refractivity contribution in [2.45, 2.75) is 17.0 Å². The topological polar surface area (TPSA) is 81.9 Å². The van der Waals surface area contributed by atoms with Crippen LogP contribution in [0.25, 0.3) is 17.1 Å². The predicted molar refractivity (Wildman–Crippen MR) is 137 cm³/mol. The number of thioether (sulfide) groups is 2. The molecule has 4 aromatic rings. The Bertz CT molecular complexity index is 1210. The number of amides is 1. The molecule has 0 fully saturated rings. The summed E-state index contributed by atoms with van der Waals surface area (Å²) in [4.78, 5) is 17.7. The Kier molecular flexibility index (Phi) is 8.21. The van der Waals surface area contributed by atoms with Crippen LogP contribution in [0.1, 0.15) is 5.56 Å². The Morgan fingerprint density at radius 3 is 2.41 bits per heavy atom. The fourth-order valence-corrected chi connectivity index (χ4v) is 4.74. The van der Waals surface area contributed by atoms with Gasteiger partial charge in [0.05, 0.1) is 12.9 Å². The van der Waals surface area contributed by atoms with E-state index in [-0.39, 0.29) is 11.7 Å². The second-order valence-corrected chi connectivity index (χ2v) is 9.49. The fourth-order valence-electron chi connectivity index (χ4n) is 3.19. The molecule has 2 aromatic heterocycles. The Labute approximate surface area is 207 Å². The Balaban J connectivity index is 1.40. The van der Waals surface area contributed by atoms with Gasteiger partial charge in [-0.15, -0.1) is 22.0 Å². The molecule has 0 saturated heterocycles. The SMILES string of the molecule is COc1ccc(-n2c(SCC(=O)NCCSc3ccc(C)cc3)nnc2-c2ccncc2)cc1. The van der Waals surface area contributed by atoms with E-state index in [1.54, 1.807) is 31.3 Å². The zero-order valence-corrected chi connectivity index (χ0v) is 20.6. The largest absolute Gasteiger partial charge is 0.497 e. The molecular formula is C25H25N5O2S2. The average molecular weight is 492 g/mol. The van der Waals surface area contributed by atoms with E-state index in [0.717, 1.165) is 22.8 Å². The summed E-state index contributed by atoms with van der Waals surface area (Å²) in [7, 11) is 1.63. The molecule has 1 N–H and O–H groups in total. The van der Waals surface area contributed by atoms with Gasteiger partial charge in [0, 0.05) is 40.8 Å². The number of rotatable bonds is 10. The number of methoxy groups -OCH3 is 1. The van der Waals surface area contributed by atoms with Gasteiger partial charge < -0.3 is 10.1 Å². The number of hydrogen-bond acceptors (Lipinski definition) is 7. The van der Waals surface area contributed by atoms with Gasteiger partial charge in [0.1, 0.15) is 5.75 Å². The highest BCUT2D eigenvalue weighted by Crippen LogP contribution is 2.28. The number of ether oxygens (including phenoxy) is 1. The summed E-state index contributed by atoms with van der Waals surface area (Å²) in [5.74, 6) is 2.47. The normalized spacial score (nSPS) is 10.8. The highest BCUT2D eigenvalue weighted by Gasteiger charge is 2.17. The van der Waals surface area contributed by atoms with Crippen LogP contribution in [0.5, 0.6) is 5.75 Å². The standard InChI is InChI=1S/C25H25N5O2S2/c1-18-3-9-22(10-4-18)33-16-15-27-23(31)17-34-25-29-28-24(19-11-13-26-14-12-19)30(25)20-5-7-21(32-2)8-6-20/h3-14H,15-17H2,1-2H3,(H,27,31). The maximum atomic E-state index is 12.5. The molecule has 0 aliphatic rings. The van der Waals surface area contributed by atoms with Gasteiger partial charge in [-0.2, -0.15) is 0 Å².